The zero-order valence-corrected chi connectivity index (χ0v) is 19.0. The van der Waals surface area contributed by atoms with Crippen molar-refractivity contribution in [3.05, 3.63) is 0 Å². The van der Waals surface area contributed by atoms with Crippen LogP contribution in [0.2, 0.25) is 0 Å². The molecule has 0 heterocycles. The van der Waals surface area contributed by atoms with E-state index in [9.17, 15) is 4.21 Å². The van der Waals surface area contributed by atoms with E-state index in [1.54, 1.807) is 0 Å². The second-order valence-electron chi connectivity index (χ2n) is 8.85. The van der Waals surface area contributed by atoms with Crippen LogP contribution in [0, 0.1) is 5.92 Å². The van der Waals surface area contributed by atoms with Gasteiger partial charge in [-0.3, -0.25) is 0 Å². The van der Waals surface area contributed by atoms with Gasteiger partial charge in [0.15, 0.2) is 0 Å². The van der Waals surface area contributed by atoms with Crippen molar-refractivity contribution in [3.63, 3.8) is 0 Å². The summed E-state index contributed by atoms with van der Waals surface area (Å²) in [4.78, 5) is 0. The van der Waals surface area contributed by atoms with Gasteiger partial charge in [0, 0.05) is 6.04 Å². The van der Waals surface area contributed by atoms with E-state index >= 15 is 0 Å². The Morgan fingerprint density at radius 2 is 1.24 bits per heavy atom. The Bertz CT molecular complexity index is 314. The van der Waals surface area contributed by atoms with Crippen LogP contribution in [0.25, 0.3) is 0 Å². The van der Waals surface area contributed by atoms with Crippen molar-refractivity contribution < 1.29 is 4.21 Å². The van der Waals surface area contributed by atoms with Gasteiger partial charge in [-0.05, 0) is 39.0 Å². The third-order valence-electron chi connectivity index (χ3n) is 4.99. The first-order valence-corrected chi connectivity index (χ1v) is 12.2. The van der Waals surface area contributed by atoms with Gasteiger partial charge >= 0.3 is 0 Å². The molecule has 1 N–H and O–H groups in total. The standard InChI is InChI=1S/C22H47NOS/c1-7-9-11-13-15-17-21(18-16-14-12-10-8-2)23-25(24)22(5,6)19-20(3)4/h20-21,23H,7-19H2,1-6H3. The van der Waals surface area contributed by atoms with Crippen LogP contribution >= 0.6 is 0 Å². The van der Waals surface area contributed by atoms with Gasteiger partial charge in [-0.15, -0.1) is 0 Å². The van der Waals surface area contributed by atoms with Crippen LogP contribution in [0.1, 0.15) is 125 Å². The molecule has 0 fully saturated rings. The minimum absolute atomic E-state index is 0.142. The van der Waals surface area contributed by atoms with Crippen LogP contribution in [0.15, 0.2) is 0 Å². The van der Waals surface area contributed by atoms with Gasteiger partial charge in [-0.25, -0.2) is 8.93 Å². The summed E-state index contributed by atoms with van der Waals surface area (Å²) in [6.07, 6.45) is 16.6. The molecule has 1 atom stereocenters. The van der Waals surface area contributed by atoms with Crippen LogP contribution in [0.3, 0.4) is 0 Å². The molecule has 0 aliphatic rings. The predicted octanol–water partition coefficient (Wildman–Crippen LogP) is 7.15. The molecule has 152 valence electrons. The van der Waals surface area contributed by atoms with Crippen molar-refractivity contribution >= 4 is 11.0 Å². The fourth-order valence-electron chi connectivity index (χ4n) is 3.62. The molecule has 0 saturated heterocycles. The summed E-state index contributed by atoms with van der Waals surface area (Å²) in [5, 5.41) is 0. The SMILES string of the molecule is CCCCCCCC(CCCCCCC)NS(=O)C(C)(C)CC(C)C. The van der Waals surface area contributed by atoms with E-state index in [2.05, 4.69) is 46.3 Å². The number of rotatable bonds is 17. The maximum atomic E-state index is 12.9. The molecule has 0 amide bonds. The van der Waals surface area contributed by atoms with Gasteiger partial charge in [0.05, 0.1) is 15.7 Å². The van der Waals surface area contributed by atoms with Crippen molar-refractivity contribution in [1.82, 2.24) is 4.72 Å². The molecular formula is C22H47NOS. The Balaban J connectivity index is 4.40. The van der Waals surface area contributed by atoms with Crippen molar-refractivity contribution in [3.8, 4) is 0 Å². The molecule has 0 aromatic rings. The lowest BCUT2D eigenvalue weighted by atomic mass is 10.00. The number of unbranched alkanes of at least 4 members (excludes halogenated alkanes) is 8. The second-order valence-corrected chi connectivity index (χ2v) is 10.7. The van der Waals surface area contributed by atoms with Gasteiger partial charge < -0.3 is 0 Å². The smallest absolute Gasteiger partial charge is 0.0975 e. The minimum atomic E-state index is -0.949. The summed E-state index contributed by atoms with van der Waals surface area (Å²) in [7, 11) is -0.949. The molecule has 0 saturated carbocycles. The Morgan fingerprint density at radius 3 is 1.64 bits per heavy atom. The average Bonchev–Trinajstić information content (AvgIpc) is 2.52. The maximum absolute atomic E-state index is 12.9. The van der Waals surface area contributed by atoms with Gasteiger partial charge in [0.25, 0.3) is 0 Å². The van der Waals surface area contributed by atoms with Crippen molar-refractivity contribution in [2.24, 2.45) is 5.92 Å². The zero-order valence-electron chi connectivity index (χ0n) is 18.2. The van der Waals surface area contributed by atoms with Crippen molar-refractivity contribution in [2.45, 2.75) is 136 Å². The highest BCUT2D eigenvalue weighted by Crippen LogP contribution is 2.23. The lowest BCUT2D eigenvalue weighted by Crippen LogP contribution is -2.42. The molecule has 0 aromatic carbocycles. The van der Waals surface area contributed by atoms with E-state index in [4.69, 9.17) is 0 Å². The Kier molecular flexibility index (Phi) is 15.3. The highest BCUT2D eigenvalue weighted by molar-refractivity contribution is 7.84. The molecular weight excluding hydrogens is 326 g/mol. The molecule has 0 spiro atoms. The summed E-state index contributed by atoms with van der Waals surface area (Å²) in [6, 6.07) is 0.426. The first-order chi connectivity index (χ1) is 11.8. The average molecular weight is 374 g/mol. The molecule has 0 aromatic heterocycles. The molecule has 0 aliphatic carbocycles. The fourth-order valence-corrected chi connectivity index (χ4v) is 4.96. The highest BCUT2D eigenvalue weighted by Gasteiger charge is 2.28. The van der Waals surface area contributed by atoms with E-state index in [1.165, 1.54) is 77.0 Å². The molecule has 0 bridgehead atoms. The summed E-state index contributed by atoms with van der Waals surface area (Å²) < 4.78 is 16.3. The molecule has 25 heavy (non-hydrogen) atoms. The summed E-state index contributed by atoms with van der Waals surface area (Å²) in [6.45, 7) is 13.3. The first kappa shape index (κ1) is 25.1. The van der Waals surface area contributed by atoms with Gasteiger partial charge in [-0.2, -0.15) is 0 Å². The monoisotopic (exact) mass is 373 g/mol. The quantitative estimate of drug-likeness (QED) is 0.269. The molecule has 2 nitrogen and oxygen atoms in total. The van der Waals surface area contributed by atoms with E-state index in [-0.39, 0.29) is 4.75 Å². The molecule has 3 heteroatoms. The van der Waals surface area contributed by atoms with Crippen molar-refractivity contribution in [2.75, 3.05) is 0 Å². The molecule has 0 rings (SSSR count). The molecule has 0 aliphatic heterocycles. The topological polar surface area (TPSA) is 29.1 Å². The van der Waals surface area contributed by atoms with Crippen LogP contribution < -0.4 is 4.72 Å². The third kappa shape index (κ3) is 13.9. The molecule has 1 unspecified atom stereocenters. The van der Waals surface area contributed by atoms with Crippen molar-refractivity contribution in [1.29, 1.82) is 0 Å². The van der Waals surface area contributed by atoms with E-state index in [1.807, 2.05) is 0 Å². The lowest BCUT2D eigenvalue weighted by Gasteiger charge is -2.29. The summed E-state index contributed by atoms with van der Waals surface area (Å²) in [5.74, 6) is 0.585. The minimum Gasteiger partial charge on any atom is -0.242 e. The van der Waals surface area contributed by atoms with Crippen LogP contribution in [-0.2, 0) is 11.0 Å². The number of nitrogens with one attached hydrogen (secondary N) is 1. The first-order valence-electron chi connectivity index (χ1n) is 11.0. The lowest BCUT2D eigenvalue weighted by molar-refractivity contribution is 0.447. The molecule has 0 radical (unpaired) electrons. The normalized spacial score (nSPS) is 13.8. The Hall–Kier alpha value is 0.110. The third-order valence-corrected chi connectivity index (χ3v) is 6.71. The number of hydrogen-bond donors (Lipinski definition) is 1. The van der Waals surface area contributed by atoms with Gasteiger partial charge in [-0.1, -0.05) is 91.9 Å². The second kappa shape index (κ2) is 15.2. The van der Waals surface area contributed by atoms with E-state index in [0.29, 0.717) is 12.0 Å². The fraction of sp³-hybridized carbons (Fsp3) is 1.00. The van der Waals surface area contributed by atoms with Gasteiger partial charge in [0.1, 0.15) is 0 Å². The predicted molar refractivity (Wildman–Crippen MR) is 115 cm³/mol. The highest BCUT2D eigenvalue weighted by atomic mass is 32.2. The van der Waals surface area contributed by atoms with E-state index in [0.717, 1.165) is 6.42 Å². The Morgan fingerprint density at radius 1 is 0.800 bits per heavy atom. The summed E-state index contributed by atoms with van der Waals surface area (Å²) in [5.41, 5.74) is 0. The van der Waals surface area contributed by atoms with E-state index < -0.39 is 11.0 Å². The number of hydrogen-bond acceptors (Lipinski definition) is 1. The van der Waals surface area contributed by atoms with Crippen LogP contribution in [0.4, 0.5) is 0 Å². The summed E-state index contributed by atoms with van der Waals surface area (Å²) >= 11 is 0. The largest absolute Gasteiger partial charge is 0.242 e. The van der Waals surface area contributed by atoms with Gasteiger partial charge in [0.2, 0.25) is 0 Å². The zero-order chi connectivity index (χ0) is 19.1. The maximum Gasteiger partial charge on any atom is 0.0975 e. The Labute approximate surface area is 161 Å². The van der Waals surface area contributed by atoms with Crippen LogP contribution in [0.5, 0.6) is 0 Å². The van der Waals surface area contributed by atoms with Crippen LogP contribution in [-0.4, -0.2) is 15.0 Å².